The van der Waals surface area contributed by atoms with Gasteiger partial charge in [0.25, 0.3) is 0 Å². The predicted molar refractivity (Wildman–Crippen MR) is 45.8 cm³/mol. The van der Waals surface area contributed by atoms with Crippen LogP contribution in [0.3, 0.4) is 0 Å². The number of likely N-dealkylation sites (tertiary alicyclic amines) is 1. The zero-order valence-electron chi connectivity index (χ0n) is 7.89. The number of nitrogens with zero attached hydrogens (tertiary/aromatic N) is 1. The molecule has 0 saturated carbocycles. The van der Waals surface area contributed by atoms with Crippen LogP contribution in [-0.2, 0) is 9.53 Å². The summed E-state index contributed by atoms with van der Waals surface area (Å²) < 4.78 is 4.46. The normalized spacial score (nSPS) is 26.3. The van der Waals surface area contributed by atoms with Crippen LogP contribution < -0.4 is 0 Å². The summed E-state index contributed by atoms with van der Waals surface area (Å²) >= 11 is 0. The fourth-order valence-electron chi connectivity index (χ4n) is 1.57. The maximum absolute atomic E-state index is 11.0. The van der Waals surface area contributed by atoms with Crippen LogP contribution >= 0.6 is 0 Å². The fraction of sp³-hybridized carbons (Fsp3) is 0.750. The van der Waals surface area contributed by atoms with E-state index in [1.807, 2.05) is 0 Å². The summed E-state index contributed by atoms with van der Waals surface area (Å²) in [6.45, 7) is 0.350. The summed E-state index contributed by atoms with van der Waals surface area (Å²) in [5.74, 6) is -1.07. The van der Waals surface area contributed by atoms with Crippen molar-refractivity contribution in [2.45, 2.75) is 18.4 Å². The number of methoxy groups -OCH3 is 1. The number of aliphatic hydroxyl groups is 1. The topological polar surface area (TPSA) is 87.1 Å². The SMILES string of the molecule is COC(=O)N1CCC(O)(CC(=O)O)C1. The van der Waals surface area contributed by atoms with Gasteiger partial charge in [0.1, 0.15) is 0 Å². The lowest BCUT2D eigenvalue weighted by atomic mass is 9.99. The highest BCUT2D eigenvalue weighted by atomic mass is 16.5. The number of ether oxygens (including phenoxy) is 1. The molecule has 1 unspecified atom stereocenters. The molecule has 0 radical (unpaired) electrons. The Hall–Kier alpha value is -1.30. The summed E-state index contributed by atoms with van der Waals surface area (Å²) in [4.78, 5) is 22.7. The Bertz CT molecular complexity index is 254. The second kappa shape index (κ2) is 3.83. The summed E-state index contributed by atoms with van der Waals surface area (Å²) in [6, 6.07) is 0. The van der Waals surface area contributed by atoms with Crippen molar-refractivity contribution in [1.29, 1.82) is 0 Å². The minimum Gasteiger partial charge on any atom is -0.481 e. The zero-order chi connectivity index (χ0) is 10.8. The van der Waals surface area contributed by atoms with Crippen molar-refractivity contribution in [3.63, 3.8) is 0 Å². The van der Waals surface area contributed by atoms with E-state index in [0.29, 0.717) is 6.54 Å². The van der Waals surface area contributed by atoms with Gasteiger partial charge in [-0.1, -0.05) is 0 Å². The monoisotopic (exact) mass is 203 g/mol. The molecule has 0 spiro atoms. The molecule has 1 aliphatic rings. The molecule has 0 bridgehead atoms. The number of amides is 1. The van der Waals surface area contributed by atoms with Gasteiger partial charge in [0, 0.05) is 6.54 Å². The number of β-amino-alcohol motifs (C(OH)–C–C–N with tert-alkyl or cyclic N) is 1. The minimum absolute atomic E-state index is 0.0198. The summed E-state index contributed by atoms with van der Waals surface area (Å²) in [5.41, 5.74) is -1.31. The molecule has 1 amide bonds. The quantitative estimate of drug-likeness (QED) is 0.641. The number of hydrogen-bond acceptors (Lipinski definition) is 4. The summed E-state index contributed by atoms with van der Waals surface area (Å²) in [6.07, 6.45) is -0.610. The van der Waals surface area contributed by atoms with Gasteiger partial charge in [-0.2, -0.15) is 0 Å². The van der Waals surface area contributed by atoms with Gasteiger partial charge in [0.2, 0.25) is 0 Å². The number of aliphatic carboxylic acids is 1. The van der Waals surface area contributed by atoms with Crippen LogP contribution in [0.1, 0.15) is 12.8 Å². The second-order valence-electron chi connectivity index (χ2n) is 3.44. The van der Waals surface area contributed by atoms with Crippen molar-refractivity contribution >= 4 is 12.1 Å². The number of carboxylic acid groups (broad SMARTS) is 1. The molecular formula is C8H13NO5. The van der Waals surface area contributed by atoms with Gasteiger partial charge >= 0.3 is 12.1 Å². The molecule has 0 aliphatic carbocycles. The van der Waals surface area contributed by atoms with E-state index in [4.69, 9.17) is 5.11 Å². The van der Waals surface area contributed by atoms with E-state index in [9.17, 15) is 14.7 Å². The molecule has 1 heterocycles. The standard InChI is InChI=1S/C8H13NO5/c1-14-7(12)9-3-2-8(13,5-9)4-6(10)11/h13H,2-5H2,1H3,(H,10,11). The van der Waals surface area contributed by atoms with Crippen molar-refractivity contribution < 1.29 is 24.5 Å². The van der Waals surface area contributed by atoms with Gasteiger partial charge in [-0.25, -0.2) is 4.79 Å². The maximum atomic E-state index is 11.0. The molecular weight excluding hydrogens is 190 g/mol. The number of carboxylic acids is 1. The van der Waals surface area contributed by atoms with Gasteiger partial charge in [0.15, 0.2) is 0 Å². The minimum atomic E-state index is -1.31. The van der Waals surface area contributed by atoms with Crippen LogP contribution in [-0.4, -0.2) is 53.0 Å². The molecule has 6 nitrogen and oxygen atoms in total. The van der Waals surface area contributed by atoms with Crippen molar-refractivity contribution in [2.75, 3.05) is 20.2 Å². The Morgan fingerprint density at radius 1 is 1.57 bits per heavy atom. The van der Waals surface area contributed by atoms with E-state index in [-0.39, 0.29) is 19.4 Å². The van der Waals surface area contributed by atoms with Crippen LogP contribution in [0.2, 0.25) is 0 Å². The van der Waals surface area contributed by atoms with Crippen LogP contribution in [0.4, 0.5) is 4.79 Å². The number of carbonyl (C=O) groups excluding carboxylic acids is 1. The van der Waals surface area contributed by atoms with E-state index in [2.05, 4.69) is 4.74 Å². The van der Waals surface area contributed by atoms with Crippen LogP contribution in [0.25, 0.3) is 0 Å². The van der Waals surface area contributed by atoms with E-state index < -0.39 is 17.7 Å². The molecule has 1 rings (SSSR count). The first-order valence-corrected chi connectivity index (χ1v) is 4.24. The summed E-state index contributed by atoms with van der Waals surface area (Å²) in [7, 11) is 1.25. The summed E-state index contributed by atoms with van der Waals surface area (Å²) in [5, 5.41) is 18.3. The molecule has 1 saturated heterocycles. The third-order valence-electron chi connectivity index (χ3n) is 2.25. The van der Waals surface area contributed by atoms with Crippen LogP contribution in [0.5, 0.6) is 0 Å². The largest absolute Gasteiger partial charge is 0.481 e. The molecule has 1 fully saturated rings. The lowest BCUT2D eigenvalue weighted by Gasteiger charge is -2.20. The highest BCUT2D eigenvalue weighted by molar-refractivity contribution is 5.70. The fourth-order valence-corrected chi connectivity index (χ4v) is 1.57. The van der Waals surface area contributed by atoms with E-state index in [1.165, 1.54) is 12.0 Å². The first-order chi connectivity index (χ1) is 6.47. The zero-order valence-corrected chi connectivity index (χ0v) is 7.89. The Morgan fingerprint density at radius 3 is 2.71 bits per heavy atom. The number of carbonyl (C=O) groups is 2. The van der Waals surface area contributed by atoms with Crippen molar-refractivity contribution in [1.82, 2.24) is 4.90 Å². The Morgan fingerprint density at radius 2 is 2.21 bits per heavy atom. The van der Waals surface area contributed by atoms with Gasteiger partial charge in [-0.15, -0.1) is 0 Å². The average Bonchev–Trinajstić information content (AvgIpc) is 2.45. The van der Waals surface area contributed by atoms with Crippen LogP contribution in [0.15, 0.2) is 0 Å². The highest BCUT2D eigenvalue weighted by Gasteiger charge is 2.40. The third kappa shape index (κ3) is 2.35. The van der Waals surface area contributed by atoms with Crippen molar-refractivity contribution in [3.05, 3.63) is 0 Å². The second-order valence-corrected chi connectivity index (χ2v) is 3.44. The molecule has 0 aromatic carbocycles. The Kier molecular flexibility index (Phi) is 2.95. The van der Waals surface area contributed by atoms with Crippen molar-refractivity contribution in [2.24, 2.45) is 0 Å². The highest BCUT2D eigenvalue weighted by Crippen LogP contribution is 2.24. The first kappa shape index (κ1) is 10.8. The lowest BCUT2D eigenvalue weighted by Crippen LogP contribution is -2.37. The molecule has 6 heteroatoms. The lowest BCUT2D eigenvalue weighted by molar-refractivity contribution is -0.142. The number of hydrogen-bond donors (Lipinski definition) is 2. The maximum Gasteiger partial charge on any atom is 0.409 e. The molecule has 1 atom stereocenters. The predicted octanol–water partition coefficient (Wildman–Crippen LogP) is -0.336. The van der Waals surface area contributed by atoms with E-state index in [0.717, 1.165) is 0 Å². The first-order valence-electron chi connectivity index (χ1n) is 4.24. The van der Waals surface area contributed by atoms with Gasteiger partial charge in [-0.3, -0.25) is 4.79 Å². The van der Waals surface area contributed by atoms with E-state index >= 15 is 0 Å². The molecule has 0 aromatic rings. The van der Waals surface area contributed by atoms with Crippen LogP contribution in [0, 0.1) is 0 Å². The molecule has 0 aromatic heterocycles. The number of rotatable bonds is 2. The molecule has 80 valence electrons. The van der Waals surface area contributed by atoms with E-state index in [1.54, 1.807) is 0 Å². The molecule has 14 heavy (non-hydrogen) atoms. The van der Waals surface area contributed by atoms with Gasteiger partial charge in [0.05, 0.1) is 25.7 Å². The Balaban J connectivity index is 2.54. The van der Waals surface area contributed by atoms with Crippen molar-refractivity contribution in [3.8, 4) is 0 Å². The molecule has 2 N–H and O–H groups in total. The smallest absolute Gasteiger partial charge is 0.409 e. The molecule has 1 aliphatic heterocycles. The Labute approximate surface area is 81.1 Å². The third-order valence-corrected chi connectivity index (χ3v) is 2.25. The van der Waals surface area contributed by atoms with Gasteiger partial charge in [-0.05, 0) is 6.42 Å². The average molecular weight is 203 g/mol. The van der Waals surface area contributed by atoms with Gasteiger partial charge < -0.3 is 19.8 Å².